The van der Waals surface area contributed by atoms with E-state index in [1.165, 1.54) is 24.8 Å². The molecule has 0 aliphatic heterocycles. The average molecular weight is 358 g/mol. The lowest BCUT2D eigenvalue weighted by atomic mass is 10.4. The van der Waals surface area contributed by atoms with Crippen molar-refractivity contribution in [2.45, 2.75) is 17.9 Å². The SMILES string of the molecule is O=C(CCn1cncn1)NCCNS(=O)(=O)c1cccc(Cl)c1. The molecule has 1 aromatic heterocycles. The van der Waals surface area contributed by atoms with E-state index < -0.39 is 10.0 Å². The topological polar surface area (TPSA) is 106 Å². The van der Waals surface area contributed by atoms with Gasteiger partial charge in [0, 0.05) is 24.5 Å². The van der Waals surface area contributed by atoms with Gasteiger partial charge >= 0.3 is 0 Å². The van der Waals surface area contributed by atoms with Crippen LogP contribution in [-0.2, 0) is 21.4 Å². The second-order valence-corrected chi connectivity index (χ2v) is 6.82. The van der Waals surface area contributed by atoms with E-state index in [0.717, 1.165) is 0 Å². The number of amides is 1. The van der Waals surface area contributed by atoms with Gasteiger partial charge in [-0.2, -0.15) is 5.10 Å². The molecule has 0 bridgehead atoms. The fourth-order valence-corrected chi connectivity index (χ4v) is 3.09. The molecule has 23 heavy (non-hydrogen) atoms. The van der Waals surface area contributed by atoms with Crippen LogP contribution in [-0.4, -0.2) is 42.2 Å². The lowest BCUT2D eigenvalue weighted by Gasteiger charge is -2.08. The first kappa shape index (κ1) is 17.4. The molecule has 0 aliphatic rings. The third-order valence-electron chi connectivity index (χ3n) is 2.88. The van der Waals surface area contributed by atoms with Gasteiger partial charge in [0.2, 0.25) is 15.9 Å². The molecule has 0 spiro atoms. The Kier molecular flexibility index (Phi) is 6.08. The highest BCUT2D eigenvalue weighted by Gasteiger charge is 2.13. The number of nitrogens with zero attached hydrogens (tertiary/aromatic N) is 3. The van der Waals surface area contributed by atoms with Crippen LogP contribution in [0.5, 0.6) is 0 Å². The summed E-state index contributed by atoms with van der Waals surface area (Å²) in [6.07, 6.45) is 3.15. The minimum Gasteiger partial charge on any atom is -0.355 e. The van der Waals surface area contributed by atoms with Crippen molar-refractivity contribution >= 4 is 27.5 Å². The number of hydrogen-bond donors (Lipinski definition) is 2. The molecule has 0 unspecified atom stereocenters. The highest BCUT2D eigenvalue weighted by molar-refractivity contribution is 7.89. The van der Waals surface area contributed by atoms with E-state index in [9.17, 15) is 13.2 Å². The summed E-state index contributed by atoms with van der Waals surface area (Å²) in [5, 5.41) is 6.85. The van der Waals surface area contributed by atoms with E-state index in [-0.39, 0.29) is 30.3 Å². The molecule has 0 fully saturated rings. The third kappa shape index (κ3) is 5.62. The molecule has 0 saturated carbocycles. The summed E-state index contributed by atoms with van der Waals surface area (Å²) >= 11 is 5.77. The van der Waals surface area contributed by atoms with Crippen molar-refractivity contribution in [3.8, 4) is 0 Å². The Hall–Kier alpha value is -1.97. The number of aryl methyl sites for hydroxylation is 1. The predicted molar refractivity (Wildman–Crippen MR) is 84.3 cm³/mol. The lowest BCUT2D eigenvalue weighted by Crippen LogP contribution is -2.35. The van der Waals surface area contributed by atoms with E-state index in [0.29, 0.717) is 11.6 Å². The smallest absolute Gasteiger partial charge is 0.240 e. The van der Waals surface area contributed by atoms with E-state index in [1.54, 1.807) is 16.8 Å². The Morgan fingerprint density at radius 3 is 2.83 bits per heavy atom. The van der Waals surface area contributed by atoms with E-state index in [2.05, 4.69) is 20.1 Å². The number of sulfonamides is 1. The van der Waals surface area contributed by atoms with Crippen LogP contribution in [0.2, 0.25) is 5.02 Å². The van der Waals surface area contributed by atoms with E-state index in [1.807, 2.05) is 0 Å². The van der Waals surface area contributed by atoms with Crippen LogP contribution >= 0.6 is 11.6 Å². The molecule has 8 nitrogen and oxygen atoms in total. The fourth-order valence-electron chi connectivity index (χ4n) is 1.76. The molecule has 1 amide bonds. The van der Waals surface area contributed by atoms with E-state index >= 15 is 0 Å². The number of rotatable bonds is 8. The second-order valence-electron chi connectivity index (χ2n) is 4.61. The first-order valence-electron chi connectivity index (χ1n) is 6.82. The second kappa shape index (κ2) is 8.04. The molecule has 0 aliphatic carbocycles. The van der Waals surface area contributed by atoms with Gasteiger partial charge in [0.15, 0.2) is 0 Å². The zero-order valence-electron chi connectivity index (χ0n) is 12.1. The van der Waals surface area contributed by atoms with Crippen LogP contribution in [0.15, 0.2) is 41.8 Å². The van der Waals surface area contributed by atoms with Gasteiger partial charge in [-0.15, -0.1) is 0 Å². The summed E-state index contributed by atoms with van der Waals surface area (Å²) in [6, 6.07) is 5.96. The van der Waals surface area contributed by atoms with Gasteiger partial charge in [0.1, 0.15) is 12.7 Å². The van der Waals surface area contributed by atoms with Crippen LogP contribution in [0.3, 0.4) is 0 Å². The van der Waals surface area contributed by atoms with Gasteiger partial charge in [0.05, 0.1) is 11.4 Å². The molecule has 124 valence electrons. The van der Waals surface area contributed by atoms with Crippen LogP contribution < -0.4 is 10.0 Å². The maximum Gasteiger partial charge on any atom is 0.240 e. The Labute approximate surface area is 138 Å². The Morgan fingerprint density at radius 2 is 2.13 bits per heavy atom. The highest BCUT2D eigenvalue weighted by atomic mass is 35.5. The molecular formula is C13H16ClN5O3S. The molecule has 0 saturated heterocycles. The monoisotopic (exact) mass is 357 g/mol. The predicted octanol–water partition coefficient (Wildman–Crippen LogP) is 0.416. The minimum absolute atomic E-state index is 0.0857. The lowest BCUT2D eigenvalue weighted by molar-refractivity contribution is -0.121. The number of hydrogen-bond acceptors (Lipinski definition) is 5. The molecule has 0 radical (unpaired) electrons. The number of nitrogens with one attached hydrogen (secondary N) is 2. The summed E-state index contributed by atoms with van der Waals surface area (Å²) in [5.74, 6) is -0.192. The molecule has 0 atom stereocenters. The number of aromatic nitrogens is 3. The normalized spacial score (nSPS) is 11.3. The van der Waals surface area contributed by atoms with Crippen molar-refractivity contribution < 1.29 is 13.2 Å². The van der Waals surface area contributed by atoms with Crippen LogP contribution in [0.4, 0.5) is 0 Å². The van der Waals surface area contributed by atoms with Crippen molar-refractivity contribution in [3.05, 3.63) is 41.9 Å². The van der Waals surface area contributed by atoms with Crippen molar-refractivity contribution in [2.24, 2.45) is 0 Å². The maximum absolute atomic E-state index is 12.0. The Balaban J connectivity index is 1.71. The number of benzene rings is 1. The molecule has 1 heterocycles. The van der Waals surface area contributed by atoms with Crippen molar-refractivity contribution in [2.75, 3.05) is 13.1 Å². The highest BCUT2D eigenvalue weighted by Crippen LogP contribution is 2.14. The van der Waals surface area contributed by atoms with Gasteiger partial charge in [-0.1, -0.05) is 17.7 Å². The van der Waals surface area contributed by atoms with Crippen LogP contribution in [0, 0.1) is 0 Å². The average Bonchev–Trinajstić information content (AvgIpc) is 3.03. The Morgan fingerprint density at radius 1 is 1.30 bits per heavy atom. The van der Waals surface area contributed by atoms with Crippen molar-refractivity contribution in [1.82, 2.24) is 24.8 Å². The van der Waals surface area contributed by atoms with Gasteiger partial charge in [-0.3, -0.25) is 9.48 Å². The molecule has 10 heteroatoms. The third-order valence-corrected chi connectivity index (χ3v) is 4.57. The summed E-state index contributed by atoms with van der Waals surface area (Å²) in [7, 11) is -3.64. The van der Waals surface area contributed by atoms with Crippen LogP contribution in [0.25, 0.3) is 0 Å². The molecule has 2 rings (SSSR count). The summed E-state index contributed by atoms with van der Waals surface area (Å²) in [4.78, 5) is 15.5. The largest absolute Gasteiger partial charge is 0.355 e. The molecule has 2 aromatic rings. The number of halogens is 1. The summed E-state index contributed by atoms with van der Waals surface area (Å²) in [5.41, 5.74) is 0. The molecular weight excluding hydrogens is 342 g/mol. The standard InChI is InChI=1S/C13H16ClN5O3S/c14-11-2-1-3-12(8-11)23(21,22)18-6-5-16-13(20)4-7-19-10-15-9-17-19/h1-3,8-10,18H,4-7H2,(H,16,20). The summed E-state index contributed by atoms with van der Waals surface area (Å²) < 4.78 is 28.0. The van der Waals surface area contributed by atoms with Gasteiger partial charge < -0.3 is 5.32 Å². The van der Waals surface area contributed by atoms with Crippen molar-refractivity contribution in [1.29, 1.82) is 0 Å². The molecule has 1 aromatic carbocycles. The van der Waals surface area contributed by atoms with Gasteiger partial charge in [-0.05, 0) is 18.2 Å². The van der Waals surface area contributed by atoms with Crippen molar-refractivity contribution in [3.63, 3.8) is 0 Å². The first-order valence-corrected chi connectivity index (χ1v) is 8.68. The first-order chi connectivity index (χ1) is 11.0. The number of carbonyl (C=O) groups is 1. The Bertz CT molecular complexity index is 749. The van der Waals surface area contributed by atoms with Crippen LogP contribution in [0.1, 0.15) is 6.42 Å². The maximum atomic E-state index is 12.0. The molecule has 2 N–H and O–H groups in total. The zero-order chi connectivity index (χ0) is 16.7. The fraction of sp³-hybridized carbons (Fsp3) is 0.308. The quantitative estimate of drug-likeness (QED) is 0.666. The summed E-state index contributed by atoms with van der Waals surface area (Å²) in [6.45, 7) is 0.694. The zero-order valence-corrected chi connectivity index (χ0v) is 13.7. The van der Waals surface area contributed by atoms with E-state index in [4.69, 9.17) is 11.6 Å². The number of carbonyl (C=O) groups excluding carboxylic acids is 1. The minimum atomic E-state index is -3.64. The van der Waals surface area contributed by atoms with Gasteiger partial charge in [-0.25, -0.2) is 18.1 Å². The van der Waals surface area contributed by atoms with Gasteiger partial charge in [0.25, 0.3) is 0 Å².